The summed E-state index contributed by atoms with van der Waals surface area (Å²) in [6, 6.07) is 3.84. The van der Waals surface area contributed by atoms with Crippen molar-refractivity contribution >= 4 is 57.1 Å². The maximum absolute atomic E-state index is 12.0. The van der Waals surface area contributed by atoms with E-state index in [0.717, 1.165) is 6.26 Å². The lowest BCUT2D eigenvalue weighted by molar-refractivity contribution is -0.117. The first-order chi connectivity index (χ1) is 9.26. The molecule has 0 aliphatic heterocycles. The van der Waals surface area contributed by atoms with Gasteiger partial charge in [0, 0.05) is 27.1 Å². The van der Waals surface area contributed by atoms with Crippen molar-refractivity contribution in [2.75, 3.05) is 11.6 Å². The summed E-state index contributed by atoms with van der Waals surface area (Å²) in [5.41, 5.74) is 0.243. The molecule has 1 aromatic rings. The molecule has 1 N–H and O–H groups in total. The SMILES string of the molecule is CC(C)(C(=O)Nc1ccc(S(=O)(=O)Cl)c(Br)c1)S(C)(=O)=O. The minimum absolute atomic E-state index is 0.149. The maximum Gasteiger partial charge on any atom is 0.262 e. The zero-order chi connectivity index (χ0) is 16.6. The van der Waals surface area contributed by atoms with Gasteiger partial charge in [-0.25, -0.2) is 16.8 Å². The van der Waals surface area contributed by atoms with Crippen molar-refractivity contribution in [2.24, 2.45) is 0 Å². The molecule has 0 heterocycles. The molecule has 0 bridgehead atoms. The van der Waals surface area contributed by atoms with Gasteiger partial charge in [-0.3, -0.25) is 4.79 Å². The minimum atomic E-state index is -3.91. The summed E-state index contributed by atoms with van der Waals surface area (Å²) in [6.07, 6.45) is 0.964. The van der Waals surface area contributed by atoms with Gasteiger partial charge in [-0.2, -0.15) is 0 Å². The molecule has 118 valence electrons. The average molecular weight is 419 g/mol. The van der Waals surface area contributed by atoms with Gasteiger partial charge in [-0.1, -0.05) is 0 Å². The second kappa shape index (κ2) is 5.86. The number of hydrogen-bond acceptors (Lipinski definition) is 5. The number of nitrogens with one attached hydrogen (secondary N) is 1. The Labute approximate surface area is 136 Å². The predicted octanol–water partition coefficient (Wildman–Crippen LogP) is 2.14. The number of halogens is 2. The van der Waals surface area contributed by atoms with Gasteiger partial charge in [0.05, 0.1) is 4.90 Å². The van der Waals surface area contributed by atoms with Gasteiger partial charge in [0.25, 0.3) is 9.05 Å². The highest BCUT2D eigenvalue weighted by molar-refractivity contribution is 9.10. The molecule has 0 aliphatic carbocycles. The summed E-state index contributed by atoms with van der Waals surface area (Å²) < 4.78 is 44.2. The molecule has 0 unspecified atom stereocenters. The molecule has 1 amide bonds. The van der Waals surface area contributed by atoms with Gasteiger partial charge < -0.3 is 5.32 Å². The highest BCUT2D eigenvalue weighted by atomic mass is 79.9. The zero-order valence-electron chi connectivity index (χ0n) is 11.3. The lowest BCUT2D eigenvalue weighted by Gasteiger charge is -2.21. The molecule has 1 aromatic carbocycles. The van der Waals surface area contributed by atoms with Crippen molar-refractivity contribution in [3.63, 3.8) is 0 Å². The Morgan fingerprint density at radius 3 is 2.14 bits per heavy atom. The summed E-state index contributed by atoms with van der Waals surface area (Å²) in [6.45, 7) is 2.56. The van der Waals surface area contributed by atoms with E-state index in [1.54, 1.807) is 0 Å². The van der Waals surface area contributed by atoms with Crippen LogP contribution in [-0.4, -0.2) is 33.7 Å². The van der Waals surface area contributed by atoms with Gasteiger partial charge in [-0.15, -0.1) is 0 Å². The number of anilines is 1. The van der Waals surface area contributed by atoms with Crippen molar-refractivity contribution in [3.8, 4) is 0 Å². The number of carbonyl (C=O) groups excluding carboxylic acids is 1. The molecule has 0 fully saturated rings. The van der Waals surface area contributed by atoms with Gasteiger partial charge in [-0.05, 0) is 48.0 Å². The summed E-state index contributed by atoms with van der Waals surface area (Å²) in [7, 11) is -2.29. The van der Waals surface area contributed by atoms with Crippen LogP contribution in [0.3, 0.4) is 0 Å². The fraction of sp³-hybridized carbons (Fsp3) is 0.364. The Morgan fingerprint density at radius 1 is 1.24 bits per heavy atom. The highest BCUT2D eigenvalue weighted by Crippen LogP contribution is 2.28. The Bertz CT molecular complexity index is 787. The van der Waals surface area contributed by atoms with Gasteiger partial charge in [0.15, 0.2) is 9.84 Å². The van der Waals surface area contributed by atoms with Crippen LogP contribution in [0.2, 0.25) is 0 Å². The summed E-state index contributed by atoms with van der Waals surface area (Å²) in [5.74, 6) is -0.724. The molecule has 21 heavy (non-hydrogen) atoms. The Morgan fingerprint density at radius 2 is 1.76 bits per heavy atom. The minimum Gasteiger partial charge on any atom is -0.325 e. The van der Waals surface area contributed by atoms with Crippen LogP contribution in [0.25, 0.3) is 0 Å². The van der Waals surface area contributed by atoms with Crippen LogP contribution in [0.1, 0.15) is 13.8 Å². The van der Waals surface area contributed by atoms with Crippen LogP contribution in [0.4, 0.5) is 5.69 Å². The van der Waals surface area contributed by atoms with E-state index >= 15 is 0 Å². The molecule has 0 radical (unpaired) electrons. The molecule has 6 nitrogen and oxygen atoms in total. The van der Waals surface area contributed by atoms with Crippen molar-refractivity contribution in [3.05, 3.63) is 22.7 Å². The van der Waals surface area contributed by atoms with Crippen molar-refractivity contribution < 1.29 is 21.6 Å². The molecular formula is C11H13BrClNO5S2. The highest BCUT2D eigenvalue weighted by Gasteiger charge is 2.38. The molecular weight excluding hydrogens is 406 g/mol. The van der Waals surface area contributed by atoms with E-state index in [2.05, 4.69) is 21.2 Å². The Hall–Kier alpha value is -0.640. The largest absolute Gasteiger partial charge is 0.325 e. The third-order valence-corrected chi connectivity index (χ3v) is 7.26. The summed E-state index contributed by atoms with van der Waals surface area (Å²) in [5, 5.41) is 2.42. The van der Waals surface area contributed by atoms with E-state index < -0.39 is 29.5 Å². The third kappa shape index (κ3) is 4.18. The smallest absolute Gasteiger partial charge is 0.262 e. The average Bonchev–Trinajstić information content (AvgIpc) is 2.25. The monoisotopic (exact) mass is 417 g/mol. The van der Waals surface area contributed by atoms with Crippen molar-refractivity contribution in [2.45, 2.75) is 23.5 Å². The van der Waals surface area contributed by atoms with Crippen LogP contribution in [0.15, 0.2) is 27.6 Å². The number of amides is 1. The van der Waals surface area contributed by atoms with E-state index in [0.29, 0.717) is 0 Å². The quantitative estimate of drug-likeness (QED) is 0.756. The first-order valence-electron chi connectivity index (χ1n) is 5.52. The third-order valence-electron chi connectivity index (χ3n) is 2.93. The topological polar surface area (TPSA) is 97.4 Å². The van der Waals surface area contributed by atoms with Gasteiger partial charge in [0.1, 0.15) is 4.75 Å². The molecule has 10 heteroatoms. The van der Waals surface area contributed by atoms with Crippen molar-refractivity contribution in [1.29, 1.82) is 0 Å². The second-order valence-electron chi connectivity index (χ2n) is 4.82. The van der Waals surface area contributed by atoms with Crippen LogP contribution >= 0.6 is 26.6 Å². The zero-order valence-corrected chi connectivity index (χ0v) is 15.3. The first-order valence-corrected chi connectivity index (χ1v) is 10.5. The number of rotatable bonds is 4. The lowest BCUT2D eigenvalue weighted by atomic mass is 10.2. The maximum atomic E-state index is 12.0. The fourth-order valence-electron chi connectivity index (χ4n) is 1.23. The molecule has 0 aromatic heterocycles. The van der Waals surface area contributed by atoms with E-state index in [-0.39, 0.29) is 15.1 Å². The summed E-state index contributed by atoms with van der Waals surface area (Å²) >= 11 is 3.03. The molecule has 0 aliphatic rings. The number of carbonyl (C=O) groups is 1. The van der Waals surface area contributed by atoms with Gasteiger partial charge in [0.2, 0.25) is 5.91 Å². The van der Waals surface area contributed by atoms with Crippen LogP contribution in [0, 0.1) is 0 Å². The first kappa shape index (κ1) is 18.4. The predicted molar refractivity (Wildman–Crippen MR) is 84.7 cm³/mol. The van der Waals surface area contributed by atoms with E-state index in [1.165, 1.54) is 32.0 Å². The molecule has 0 spiro atoms. The second-order valence-corrected chi connectivity index (χ2v) is 10.8. The summed E-state index contributed by atoms with van der Waals surface area (Å²) in [4.78, 5) is 11.9. The number of benzene rings is 1. The van der Waals surface area contributed by atoms with E-state index in [1.807, 2.05) is 0 Å². The molecule has 0 saturated carbocycles. The Kier molecular flexibility index (Phi) is 5.14. The number of hydrogen-bond donors (Lipinski definition) is 1. The normalized spacial score (nSPS) is 13.0. The molecule has 0 saturated heterocycles. The standard InChI is InChI=1S/C11H13BrClNO5S2/c1-11(2,20(3,16)17)10(15)14-7-4-5-9(8(12)6-7)21(13,18)19/h4-6H,1-3H3,(H,14,15). The fourth-order valence-corrected chi connectivity index (χ4v) is 3.84. The van der Waals surface area contributed by atoms with Crippen molar-refractivity contribution in [1.82, 2.24) is 0 Å². The van der Waals surface area contributed by atoms with E-state index in [4.69, 9.17) is 10.7 Å². The van der Waals surface area contributed by atoms with Gasteiger partial charge >= 0.3 is 0 Å². The van der Waals surface area contributed by atoms with Crippen LogP contribution in [0.5, 0.6) is 0 Å². The lowest BCUT2D eigenvalue weighted by Crippen LogP contribution is -2.43. The molecule has 1 rings (SSSR count). The Balaban J connectivity index is 3.12. The molecule has 0 atom stereocenters. The van der Waals surface area contributed by atoms with Crippen LogP contribution in [-0.2, 0) is 23.7 Å². The number of sulfone groups is 1. The van der Waals surface area contributed by atoms with Crippen LogP contribution < -0.4 is 5.32 Å². The van der Waals surface area contributed by atoms with E-state index in [9.17, 15) is 21.6 Å².